The number of benzene rings is 1. The van der Waals surface area contributed by atoms with Crippen LogP contribution in [0, 0.1) is 0 Å². The molecule has 5 nitrogen and oxygen atoms in total. The fraction of sp³-hybridized carbons (Fsp3) is 0.400. The first-order valence-corrected chi connectivity index (χ1v) is 7.78. The van der Waals surface area contributed by atoms with Gasteiger partial charge < -0.3 is 4.74 Å². The lowest BCUT2D eigenvalue weighted by Gasteiger charge is -2.19. The molecule has 2 aromatic rings. The summed E-state index contributed by atoms with van der Waals surface area (Å²) in [6.07, 6.45) is 0. The number of halogens is 1. The molecule has 0 spiro atoms. The summed E-state index contributed by atoms with van der Waals surface area (Å²) in [5.74, 6) is 2.54. The minimum Gasteiger partial charge on any atom is -0.497 e. The largest absolute Gasteiger partial charge is 0.497 e. The van der Waals surface area contributed by atoms with Crippen LogP contribution in [0.2, 0.25) is 0 Å². The van der Waals surface area contributed by atoms with E-state index in [9.17, 15) is 0 Å². The lowest BCUT2D eigenvalue weighted by atomic mass is 9.96. The molecule has 0 fully saturated rings. The van der Waals surface area contributed by atoms with E-state index in [-0.39, 0.29) is 22.4 Å². The highest BCUT2D eigenvalue weighted by atomic mass is 79.9. The van der Waals surface area contributed by atoms with Crippen LogP contribution >= 0.6 is 28.7 Å². The molecule has 7 heteroatoms. The maximum absolute atomic E-state index is 5.19. The van der Waals surface area contributed by atoms with Gasteiger partial charge in [-0.1, -0.05) is 32.5 Å². The van der Waals surface area contributed by atoms with Gasteiger partial charge in [0.25, 0.3) is 0 Å². The Bertz CT molecular complexity index is 689. The van der Waals surface area contributed by atoms with Gasteiger partial charge in [0.1, 0.15) is 5.75 Å². The van der Waals surface area contributed by atoms with Crippen molar-refractivity contribution in [1.29, 1.82) is 0 Å². The molecule has 1 aromatic heterocycles. The number of nitrogens with zero attached hydrogens (tertiary/aromatic N) is 4. The second kappa shape index (κ2) is 6.42. The Morgan fingerprint density at radius 3 is 2.41 bits per heavy atom. The number of thioether (sulfide) groups is 1. The van der Waals surface area contributed by atoms with Crippen molar-refractivity contribution in [3.8, 4) is 5.75 Å². The Balaban J connectivity index is 0.00000176. The van der Waals surface area contributed by atoms with E-state index in [4.69, 9.17) is 9.84 Å². The summed E-state index contributed by atoms with van der Waals surface area (Å²) < 4.78 is 7.06. The van der Waals surface area contributed by atoms with Crippen molar-refractivity contribution in [1.82, 2.24) is 14.9 Å². The van der Waals surface area contributed by atoms with Gasteiger partial charge in [-0.15, -0.1) is 27.2 Å². The van der Waals surface area contributed by atoms with Crippen LogP contribution < -0.4 is 4.74 Å². The van der Waals surface area contributed by atoms with Gasteiger partial charge in [-0.05, 0) is 29.8 Å². The summed E-state index contributed by atoms with van der Waals surface area (Å²) in [5.41, 5.74) is 2.04. The van der Waals surface area contributed by atoms with E-state index in [2.05, 4.69) is 31.0 Å². The SMILES string of the molecule is Br.COc1ccc(C2=Nn3c(nnc3C(C)(C)C)SC2)cc1. The summed E-state index contributed by atoms with van der Waals surface area (Å²) in [6, 6.07) is 7.97. The Hall–Kier alpha value is -1.34. The highest BCUT2D eigenvalue weighted by Gasteiger charge is 2.27. The van der Waals surface area contributed by atoms with Crippen molar-refractivity contribution in [3.63, 3.8) is 0 Å². The number of ether oxygens (including phenoxy) is 1. The quantitative estimate of drug-likeness (QED) is 0.796. The van der Waals surface area contributed by atoms with E-state index in [0.717, 1.165) is 33.8 Å². The molecule has 0 N–H and O–H groups in total. The summed E-state index contributed by atoms with van der Waals surface area (Å²) in [4.78, 5) is 0. The normalized spacial score (nSPS) is 13.9. The monoisotopic (exact) mass is 382 g/mol. The summed E-state index contributed by atoms with van der Waals surface area (Å²) in [5, 5.41) is 14.1. The van der Waals surface area contributed by atoms with Gasteiger partial charge in [0.2, 0.25) is 5.16 Å². The van der Waals surface area contributed by atoms with E-state index in [1.54, 1.807) is 18.9 Å². The van der Waals surface area contributed by atoms with E-state index < -0.39 is 0 Å². The molecule has 1 aliphatic rings. The van der Waals surface area contributed by atoms with Crippen LogP contribution in [0.25, 0.3) is 0 Å². The maximum atomic E-state index is 5.19. The molecular formula is C15H19BrN4OS. The fourth-order valence-electron chi connectivity index (χ4n) is 2.12. The zero-order valence-electron chi connectivity index (χ0n) is 13.0. The average Bonchev–Trinajstić information content (AvgIpc) is 2.90. The van der Waals surface area contributed by atoms with Crippen LogP contribution in [0.3, 0.4) is 0 Å². The molecule has 0 unspecified atom stereocenters. The number of methoxy groups -OCH3 is 1. The lowest BCUT2D eigenvalue weighted by molar-refractivity contribution is 0.415. The van der Waals surface area contributed by atoms with E-state index in [0.29, 0.717) is 0 Å². The Morgan fingerprint density at radius 1 is 1.14 bits per heavy atom. The molecular weight excluding hydrogens is 364 g/mol. The van der Waals surface area contributed by atoms with Crippen molar-refractivity contribution >= 4 is 34.5 Å². The van der Waals surface area contributed by atoms with E-state index in [1.807, 2.05) is 28.9 Å². The Kier molecular flexibility index (Phi) is 4.97. The predicted octanol–water partition coefficient (Wildman–Crippen LogP) is 3.52. The highest BCUT2D eigenvalue weighted by molar-refractivity contribution is 8.93. The molecule has 22 heavy (non-hydrogen) atoms. The zero-order valence-corrected chi connectivity index (χ0v) is 15.6. The third kappa shape index (κ3) is 3.20. The van der Waals surface area contributed by atoms with Gasteiger partial charge in [0.05, 0.1) is 12.8 Å². The first-order chi connectivity index (χ1) is 9.99. The molecule has 0 saturated heterocycles. The van der Waals surface area contributed by atoms with E-state index in [1.165, 1.54) is 0 Å². The molecule has 118 valence electrons. The number of hydrogen-bond acceptors (Lipinski definition) is 5. The summed E-state index contributed by atoms with van der Waals surface area (Å²) in [7, 11) is 1.67. The smallest absolute Gasteiger partial charge is 0.212 e. The van der Waals surface area contributed by atoms with Gasteiger partial charge >= 0.3 is 0 Å². The predicted molar refractivity (Wildman–Crippen MR) is 94.7 cm³/mol. The average molecular weight is 383 g/mol. The molecule has 0 radical (unpaired) electrons. The molecule has 1 aliphatic heterocycles. The topological polar surface area (TPSA) is 52.3 Å². The first-order valence-electron chi connectivity index (χ1n) is 6.80. The second-order valence-corrected chi connectivity index (χ2v) is 6.87. The van der Waals surface area contributed by atoms with Crippen molar-refractivity contribution in [2.45, 2.75) is 31.3 Å². The Morgan fingerprint density at radius 2 is 1.82 bits per heavy atom. The maximum Gasteiger partial charge on any atom is 0.212 e. The Labute approximate surface area is 144 Å². The standard InChI is InChI=1S/C15H18N4OS.BrH/c1-15(2,3)13-16-17-14-19(13)18-12(9-21-14)10-5-7-11(20-4)8-6-10;/h5-8H,9H2,1-4H3;1H. The van der Waals surface area contributed by atoms with Crippen LogP contribution in [-0.2, 0) is 5.41 Å². The van der Waals surface area contributed by atoms with Gasteiger partial charge in [-0.3, -0.25) is 0 Å². The first kappa shape index (κ1) is 17.0. The molecule has 2 heterocycles. The number of aromatic nitrogens is 3. The minimum absolute atomic E-state index is 0. The van der Waals surface area contributed by atoms with Gasteiger partial charge in [0, 0.05) is 11.2 Å². The lowest BCUT2D eigenvalue weighted by Crippen LogP contribution is -2.21. The van der Waals surface area contributed by atoms with E-state index >= 15 is 0 Å². The molecule has 0 aliphatic carbocycles. The third-order valence-electron chi connectivity index (χ3n) is 3.26. The number of hydrogen-bond donors (Lipinski definition) is 0. The highest BCUT2D eigenvalue weighted by Crippen LogP contribution is 2.29. The molecule has 1 aromatic carbocycles. The van der Waals surface area contributed by atoms with Crippen LogP contribution in [0.5, 0.6) is 5.75 Å². The third-order valence-corrected chi connectivity index (χ3v) is 4.20. The number of rotatable bonds is 2. The summed E-state index contributed by atoms with van der Waals surface area (Å²) >= 11 is 1.67. The van der Waals surface area contributed by atoms with Gasteiger partial charge in [-0.2, -0.15) is 9.78 Å². The minimum atomic E-state index is -0.0856. The van der Waals surface area contributed by atoms with Gasteiger partial charge in [0.15, 0.2) is 5.82 Å². The molecule has 0 atom stereocenters. The van der Waals surface area contributed by atoms with Crippen LogP contribution in [-0.4, -0.2) is 33.4 Å². The van der Waals surface area contributed by atoms with Crippen LogP contribution in [0.15, 0.2) is 34.5 Å². The van der Waals surface area contributed by atoms with Gasteiger partial charge in [-0.25, -0.2) is 0 Å². The molecule has 0 amide bonds. The molecule has 3 rings (SSSR count). The summed E-state index contributed by atoms with van der Waals surface area (Å²) in [6.45, 7) is 6.35. The van der Waals surface area contributed by atoms with Crippen LogP contribution in [0.4, 0.5) is 0 Å². The van der Waals surface area contributed by atoms with Crippen molar-refractivity contribution in [3.05, 3.63) is 35.7 Å². The molecule has 0 saturated carbocycles. The zero-order chi connectivity index (χ0) is 15.0. The van der Waals surface area contributed by atoms with Crippen LogP contribution in [0.1, 0.15) is 32.2 Å². The van der Waals surface area contributed by atoms with Crippen molar-refractivity contribution in [2.75, 3.05) is 12.9 Å². The van der Waals surface area contributed by atoms with Crippen molar-refractivity contribution in [2.24, 2.45) is 5.10 Å². The fourth-order valence-corrected chi connectivity index (χ4v) is 2.96. The number of fused-ring (bicyclic) bond motifs is 1. The second-order valence-electron chi connectivity index (χ2n) is 5.93. The van der Waals surface area contributed by atoms with Crippen molar-refractivity contribution < 1.29 is 4.74 Å². The molecule has 0 bridgehead atoms.